The molecule has 1 heterocycles. The van der Waals surface area contributed by atoms with Crippen LogP contribution in [0, 0.1) is 0 Å². The fourth-order valence-electron chi connectivity index (χ4n) is 1.50. The first-order chi connectivity index (χ1) is 7.56. The highest BCUT2D eigenvalue weighted by molar-refractivity contribution is 5.87. The second kappa shape index (κ2) is 7.33. The zero-order valence-corrected chi connectivity index (χ0v) is 10.1. The van der Waals surface area contributed by atoms with E-state index in [2.05, 4.69) is 6.58 Å². The molecule has 0 N–H and O–H groups in total. The molecule has 0 bridgehead atoms. The molecule has 1 aliphatic heterocycles. The van der Waals surface area contributed by atoms with Crippen molar-refractivity contribution < 1.29 is 13.6 Å². The van der Waals surface area contributed by atoms with Crippen molar-refractivity contribution >= 4 is 5.91 Å². The van der Waals surface area contributed by atoms with E-state index in [1.165, 1.54) is 4.90 Å². The van der Waals surface area contributed by atoms with E-state index in [0.29, 0.717) is 13.1 Å². The number of hydrogen-bond donors (Lipinski definition) is 0. The molecule has 16 heavy (non-hydrogen) atoms. The summed E-state index contributed by atoms with van der Waals surface area (Å²) in [5, 5.41) is 0. The topological polar surface area (TPSA) is 23.6 Å². The first-order valence-corrected chi connectivity index (χ1v) is 5.46. The van der Waals surface area contributed by atoms with E-state index in [9.17, 15) is 13.6 Å². The molecule has 0 aromatic carbocycles. The average molecular weight is 234 g/mol. The van der Waals surface area contributed by atoms with Gasteiger partial charge >= 0.3 is 0 Å². The molecule has 0 radical (unpaired) electrons. The smallest absolute Gasteiger partial charge is 0.255 e. The van der Waals surface area contributed by atoms with Gasteiger partial charge in [-0.1, -0.05) is 20.4 Å². The fourth-order valence-corrected chi connectivity index (χ4v) is 1.50. The largest absolute Gasteiger partial charge is 0.336 e. The van der Waals surface area contributed by atoms with Gasteiger partial charge in [0.25, 0.3) is 6.43 Å². The Bertz CT molecular complexity index is 234. The van der Waals surface area contributed by atoms with Crippen LogP contribution in [0.1, 0.15) is 13.8 Å². The first-order valence-electron chi connectivity index (χ1n) is 5.46. The third-order valence-electron chi connectivity index (χ3n) is 2.47. The minimum Gasteiger partial charge on any atom is -0.336 e. The molecular weight excluding hydrogens is 214 g/mol. The van der Waals surface area contributed by atoms with E-state index in [0.717, 1.165) is 6.08 Å². The Morgan fingerprint density at radius 3 is 2.44 bits per heavy atom. The molecule has 3 nitrogen and oxygen atoms in total. The van der Waals surface area contributed by atoms with Gasteiger partial charge in [-0.3, -0.25) is 9.69 Å². The second-order valence-corrected chi connectivity index (χ2v) is 3.37. The van der Waals surface area contributed by atoms with Crippen molar-refractivity contribution in [3.05, 3.63) is 12.7 Å². The van der Waals surface area contributed by atoms with Gasteiger partial charge in [-0.2, -0.15) is 0 Å². The molecule has 0 saturated carbocycles. The lowest BCUT2D eigenvalue weighted by molar-refractivity contribution is -0.130. The molecule has 1 saturated heterocycles. The SMILES string of the molecule is C=CC(=O)N1CCN(C)C(C(F)F)C1.CC. The molecule has 1 amide bonds. The number of hydrogen-bond acceptors (Lipinski definition) is 2. The summed E-state index contributed by atoms with van der Waals surface area (Å²) < 4.78 is 25.0. The summed E-state index contributed by atoms with van der Waals surface area (Å²) in [6.45, 7) is 8.39. The summed E-state index contributed by atoms with van der Waals surface area (Å²) >= 11 is 0. The summed E-state index contributed by atoms with van der Waals surface area (Å²) in [7, 11) is 1.65. The zero-order valence-electron chi connectivity index (χ0n) is 10.1. The van der Waals surface area contributed by atoms with Gasteiger partial charge in [0.15, 0.2) is 0 Å². The van der Waals surface area contributed by atoms with Crippen molar-refractivity contribution in [2.24, 2.45) is 0 Å². The fraction of sp³-hybridized carbons (Fsp3) is 0.727. The highest BCUT2D eigenvalue weighted by atomic mass is 19.3. The van der Waals surface area contributed by atoms with Gasteiger partial charge in [-0.15, -0.1) is 0 Å². The van der Waals surface area contributed by atoms with Crippen LogP contribution < -0.4 is 0 Å². The molecule has 1 atom stereocenters. The van der Waals surface area contributed by atoms with Crippen molar-refractivity contribution in [1.29, 1.82) is 0 Å². The maximum absolute atomic E-state index is 12.5. The van der Waals surface area contributed by atoms with Gasteiger partial charge in [0.05, 0.1) is 6.04 Å². The first kappa shape index (κ1) is 15.0. The highest BCUT2D eigenvalue weighted by Gasteiger charge is 2.32. The van der Waals surface area contributed by atoms with Gasteiger partial charge in [0.2, 0.25) is 5.91 Å². The third-order valence-corrected chi connectivity index (χ3v) is 2.47. The number of amides is 1. The number of carbonyl (C=O) groups is 1. The van der Waals surface area contributed by atoms with E-state index < -0.39 is 12.5 Å². The van der Waals surface area contributed by atoms with Gasteiger partial charge in [-0.25, -0.2) is 8.78 Å². The molecule has 0 spiro atoms. The molecule has 1 unspecified atom stereocenters. The lowest BCUT2D eigenvalue weighted by Crippen LogP contribution is -2.55. The predicted octanol–water partition coefficient (Wildman–Crippen LogP) is 1.61. The van der Waals surface area contributed by atoms with Crippen LogP contribution in [0.4, 0.5) is 8.78 Å². The minimum atomic E-state index is -2.42. The molecule has 1 fully saturated rings. The molecule has 94 valence electrons. The summed E-state index contributed by atoms with van der Waals surface area (Å²) in [5.74, 6) is -0.274. The standard InChI is InChI=1S/C9H14F2N2O.C2H6/c1-3-8(14)13-5-4-12(2)7(6-13)9(10)11;1-2/h3,7,9H,1,4-6H2,2H3;1-2H3. The van der Waals surface area contributed by atoms with E-state index in [1.807, 2.05) is 13.8 Å². The number of halogens is 2. The Morgan fingerprint density at radius 1 is 1.44 bits per heavy atom. The van der Waals surface area contributed by atoms with Crippen LogP contribution in [-0.4, -0.2) is 54.9 Å². The molecule has 1 rings (SSSR count). The maximum atomic E-state index is 12.5. The Balaban J connectivity index is 0.00000106. The van der Waals surface area contributed by atoms with Gasteiger partial charge in [0.1, 0.15) is 0 Å². The Labute approximate surface area is 95.7 Å². The number of piperazine rings is 1. The number of nitrogens with zero attached hydrogens (tertiary/aromatic N) is 2. The lowest BCUT2D eigenvalue weighted by atomic mass is 10.2. The zero-order chi connectivity index (χ0) is 12.7. The van der Waals surface area contributed by atoms with Crippen LogP contribution in [0.3, 0.4) is 0 Å². The van der Waals surface area contributed by atoms with Crippen molar-refractivity contribution in [2.45, 2.75) is 26.3 Å². The molecule has 5 heteroatoms. The summed E-state index contributed by atoms with van der Waals surface area (Å²) in [5.41, 5.74) is 0. The van der Waals surface area contributed by atoms with Crippen molar-refractivity contribution in [2.75, 3.05) is 26.7 Å². The summed E-state index contributed by atoms with van der Waals surface area (Å²) in [4.78, 5) is 14.2. The second-order valence-electron chi connectivity index (χ2n) is 3.37. The highest BCUT2D eigenvalue weighted by Crippen LogP contribution is 2.14. The van der Waals surface area contributed by atoms with E-state index in [-0.39, 0.29) is 12.5 Å². The van der Waals surface area contributed by atoms with E-state index in [1.54, 1.807) is 11.9 Å². The third kappa shape index (κ3) is 3.89. The molecule has 0 aromatic rings. The van der Waals surface area contributed by atoms with Crippen LogP contribution in [-0.2, 0) is 4.79 Å². The molecule has 0 aliphatic carbocycles. The van der Waals surface area contributed by atoms with Crippen LogP contribution >= 0.6 is 0 Å². The Morgan fingerprint density at radius 2 is 2.00 bits per heavy atom. The quantitative estimate of drug-likeness (QED) is 0.678. The van der Waals surface area contributed by atoms with E-state index >= 15 is 0 Å². The summed E-state index contributed by atoms with van der Waals surface area (Å²) in [6, 6.07) is -0.854. The lowest BCUT2D eigenvalue weighted by Gasteiger charge is -2.38. The molecule has 1 aliphatic rings. The van der Waals surface area contributed by atoms with Gasteiger partial charge in [-0.05, 0) is 13.1 Å². The monoisotopic (exact) mass is 234 g/mol. The van der Waals surface area contributed by atoms with Gasteiger partial charge in [0, 0.05) is 19.6 Å². The number of alkyl halides is 2. The maximum Gasteiger partial charge on any atom is 0.255 e. The Kier molecular flexibility index (Phi) is 6.88. The van der Waals surface area contributed by atoms with Crippen LogP contribution in [0.5, 0.6) is 0 Å². The molecular formula is C11H20F2N2O. The van der Waals surface area contributed by atoms with Crippen LogP contribution in [0.15, 0.2) is 12.7 Å². The predicted molar refractivity (Wildman–Crippen MR) is 60.5 cm³/mol. The minimum absolute atomic E-state index is 0.0824. The van der Waals surface area contributed by atoms with Crippen LogP contribution in [0.2, 0.25) is 0 Å². The number of carbonyl (C=O) groups excluding carboxylic acids is 1. The van der Waals surface area contributed by atoms with Gasteiger partial charge < -0.3 is 4.90 Å². The van der Waals surface area contributed by atoms with E-state index in [4.69, 9.17) is 0 Å². The number of rotatable bonds is 2. The van der Waals surface area contributed by atoms with Crippen molar-refractivity contribution in [3.63, 3.8) is 0 Å². The Hall–Kier alpha value is -0.970. The average Bonchev–Trinajstić information content (AvgIpc) is 2.31. The number of likely N-dealkylation sites (N-methyl/N-ethyl adjacent to an activating group) is 1. The summed E-state index contributed by atoms with van der Waals surface area (Å²) in [6.07, 6.45) is -1.26. The molecule has 0 aromatic heterocycles. The van der Waals surface area contributed by atoms with Crippen molar-refractivity contribution in [3.8, 4) is 0 Å². The van der Waals surface area contributed by atoms with Crippen LogP contribution in [0.25, 0.3) is 0 Å². The van der Waals surface area contributed by atoms with Crippen molar-refractivity contribution in [1.82, 2.24) is 9.80 Å². The normalized spacial score (nSPS) is 21.4.